The molecule has 0 spiro atoms. The van der Waals surface area contributed by atoms with Gasteiger partial charge >= 0.3 is 5.97 Å². The molecule has 134 valence electrons. The Balaban J connectivity index is 1.54. The topological polar surface area (TPSA) is 114 Å². The Morgan fingerprint density at radius 1 is 1.31 bits per heavy atom. The number of hydrogen-bond acceptors (Lipinski definition) is 7. The van der Waals surface area contributed by atoms with Crippen molar-refractivity contribution >= 4 is 39.2 Å². The number of carbonyl (C=O) groups is 2. The molecule has 8 nitrogen and oxygen atoms in total. The first kappa shape index (κ1) is 17.7. The summed E-state index contributed by atoms with van der Waals surface area (Å²) in [6.45, 7) is 0. The highest BCUT2D eigenvalue weighted by molar-refractivity contribution is 7.17. The zero-order valence-electron chi connectivity index (χ0n) is 13.9. The van der Waals surface area contributed by atoms with Crippen molar-refractivity contribution in [2.24, 2.45) is 0 Å². The predicted octanol–water partition coefficient (Wildman–Crippen LogP) is 2.13. The molecule has 0 radical (unpaired) electrons. The van der Waals surface area contributed by atoms with Crippen LogP contribution in [0, 0.1) is 0 Å². The van der Waals surface area contributed by atoms with E-state index in [-0.39, 0.29) is 17.9 Å². The van der Waals surface area contributed by atoms with Crippen molar-refractivity contribution in [3.8, 4) is 0 Å². The summed E-state index contributed by atoms with van der Waals surface area (Å²) < 4.78 is 4.59. The Hall–Kier alpha value is -3.07. The highest BCUT2D eigenvalue weighted by Crippen LogP contribution is 2.19. The summed E-state index contributed by atoms with van der Waals surface area (Å²) in [5, 5.41) is 3.52. The standard InChI is InChI=1S/C17H16N4O4S/c1-25-16(24)12-9-18-17(26-12)21-14(22)8-4-7-13-19-11-6-3-2-5-10(11)15(23)20-13/h2-3,5-6,9H,4,7-8H2,1H3,(H,18,21,22)(H,19,20,23). The molecular weight excluding hydrogens is 356 g/mol. The monoisotopic (exact) mass is 372 g/mol. The number of rotatable bonds is 6. The van der Waals surface area contributed by atoms with Crippen LogP contribution in [0.4, 0.5) is 5.13 Å². The first-order chi connectivity index (χ1) is 12.6. The van der Waals surface area contributed by atoms with Crippen LogP contribution in [-0.2, 0) is 16.0 Å². The molecule has 0 atom stereocenters. The maximum absolute atomic E-state index is 12.0. The SMILES string of the molecule is COC(=O)c1cnc(NC(=O)CCCc2nc3ccccc3c(=O)[nH]2)s1. The molecule has 0 bridgehead atoms. The van der Waals surface area contributed by atoms with Gasteiger partial charge in [-0.15, -0.1) is 0 Å². The quantitative estimate of drug-likeness (QED) is 0.641. The molecule has 0 aliphatic carbocycles. The summed E-state index contributed by atoms with van der Waals surface area (Å²) in [5.41, 5.74) is 0.446. The van der Waals surface area contributed by atoms with Crippen molar-refractivity contribution in [2.45, 2.75) is 19.3 Å². The fourth-order valence-corrected chi connectivity index (χ4v) is 3.13. The molecule has 0 aliphatic rings. The van der Waals surface area contributed by atoms with E-state index >= 15 is 0 Å². The van der Waals surface area contributed by atoms with Crippen molar-refractivity contribution in [1.82, 2.24) is 15.0 Å². The number of aromatic amines is 1. The molecule has 0 saturated heterocycles. The van der Waals surface area contributed by atoms with Gasteiger partial charge < -0.3 is 15.0 Å². The van der Waals surface area contributed by atoms with Crippen LogP contribution in [0.3, 0.4) is 0 Å². The Labute approximate surface area is 152 Å². The number of methoxy groups -OCH3 is 1. The maximum atomic E-state index is 12.0. The second kappa shape index (κ2) is 7.87. The Morgan fingerprint density at radius 3 is 2.92 bits per heavy atom. The Morgan fingerprint density at radius 2 is 2.12 bits per heavy atom. The molecule has 26 heavy (non-hydrogen) atoms. The lowest BCUT2D eigenvalue weighted by Crippen LogP contribution is -2.14. The van der Waals surface area contributed by atoms with Crippen molar-refractivity contribution < 1.29 is 14.3 Å². The number of H-pyrrole nitrogens is 1. The van der Waals surface area contributed by atoms with E-state index < -0.39 is 5.97 Å². The number of amides is 1. The number of aromatic nitrogens is 3. The van der Waals surface area contributed by atoms with E-state index in [0.29, 0.717) is 39.6 Å². The van der Waals surface area contributed by atoms with Crippen LogP contribution in [0.5, 0.6) is 0 Å². The van der Waals surface area contributed by atoms with Gasteiger partial charge in [0, 0.05) is 12.8 Å². The minimum absolute atomic E-state index is 0.187. The molecule has 1 aromatic carbocycles. The van der Waals surface area contributed by atoms with Crippen molar-refractivity contribution in [2.75, 3.05) is 12.4 Å². The minimum atomic E-state index is -0.491. The number of ether oxygens (including phenoxy) is 1. The van der Waals surface area contributed by atoms with Gasteiger partial charge in [0.2, 0.25) is 5.91 Å². The first-order valence-corrected chi connectivity index (χ1v) is 8.70. The van der Waals surface area contributed by atoms with Gasteiger partial charge in [-0.2, -0.15) is 0 Å². The number of fused-ring (bicyclic) bond motifs is 1. The van der Waals surface area contributed by atoms with Crippen LogP contribution in [0.25, 0.3) is 10.9 Å². The van der Waals surface area contributed by atoms with E-state index in [1.807, 2.05) is 6.07 Å². The van der Waals surface area contributed by atoms with Gasteiger partial charge in [-0.25, -0.2) is 14.8 Å². The number of benzene rings is 1. The summed E-state index contributed by atoms with van der Waals surface area (Å²) in [5.74, 6) is -0.169. The van der Waals surface area contributed by atoms with Crippen LogP contribution in [0.2, 0.25) is 0 Å². The lowest BCUT2D eigenvalue weighted by atomic mass is 10.2. The van der Waals surface area contributed by atoms with Gasteiger partial charge in [0.05, 0.1) is 24.2 Å². The van der Waals surface area contributed by atoms with E-state index in [1.54, 1.807) is 18.2 Å². The molecule has 2 aromatic heterocycles. The number of thiazole rings is 1. The van der Waals surface area contributed by atoms with Crippen LogP contribution >= 0.6 is 11.3 Å². The zero-order valence-corrected chi connectivity index (χ0v) is 14.8. The number of carbonyl (C=O) groups excluding carboxylic acids is 2. The largest absolute Gasteiger partial charge is 0.465 e. The smallest absolute Gasteiger partial charge is 0.349 e. The first-order valence-electron chi connectivity index (χ1n) is 7.89. The van der Waals surface area contributed by atoms with Gasteiger partial charge in [0.15, 0.2) is 5.13 Å². The highest BCUT2D eigenvalue weighted by Gasteiger charge is 2.12. The van der Waals surface area contributed by atoms with E-state index in [2.05, 4.69) is 25.0 Å². The number of aryl methyl sites for hydroxylation is 1. The Bertz CT molecular complexity index is 1010. The third-order valence-corrected chi connectivity index (χ3v) is 4.51. The summed E-state index contributed by atoms with van der Waals surface area (Å²) in [6, 6.07) is 7.10. The lowest BCUT2D eigenvalue weighted by Gasteiger charge is -2.03. The number of nitrogens with zero attached hydrogens (tertiary/aromatic N) is 2. The molecule has 1 amide bonds. The molecule has 0 aliphatic heterocycles. The third kappa shape index (κ3) is 4.12. The number of para-hydroxylation sites is 1. The van der Waals surface area contributed by atoms with Crippen LogP contribution in [0.15, 0.2) is 35.3 Å². The fourth-order valence-electron chi connectivity index (χ4n) is 2.38. The number of hydrogen-bond donors (Lipinski definition) is 2. The van der Waals surface area contributed by atoms with Crippen LogP contribution in [0.1, 0.15) is 28.3 Å². The average molecular weight is 372 g/mol. The molecule has 2 heterocycles. The zero-order chi connectivity index (χ0) is 18.5. The summed E-state index contributed by atoms with van der Waals surface area (Å²) >= 11 is 1.05. The van der Waals surface area contributed by atoms with Gasteiger partial charge in [-0.1, -0.05) is 23.5 Å². The molecule has 3 rings (SSSR count). The molecule has 3 aromatic rings. The summed E-state index contributed by atoms with van der Waals surface area (Å²) in [7, 11) is 1.28. The lowest BCUT2D eigenvalue weighted by molar-refractivity contribution is -0.116. The molecule has 2 N–H and O–H groups in total. The predicted molar refractivity (Wildman–Crippen MR) is 97.4 cm³/mol. The van der Waals surface area contributed by atoms with Gasteiger partial charge in [-0.05, 0) is 18.6 Å². The highest BCUT2D eigenvalue weighted by atomic mass is 32.1. The van der Waals surface area contributed by atoms with Crippen molar-refractivity contribution in [3.63, 3.8) is 0 Å². The fraction of sp³-hybridized carbons (Fsp3) is 0.235. The Kier molecular flexibility index (Phi) is 5.37. The van der Waals surface area contributed by atoms with Crippen molar-refractivity contribution in [3.05, 3.63) is 51.5 Å². The van der Waals surface area contributed by atoms with Gasteiger partial charge in [-0.3, -0.25) is 9.59 Å². The minimum Gasteiger partial charge on any atom is -0.465 e. The molecule has 0 unspecified atom stereocenters. The second-order valence-corrected chi connectivity index (χ2v) is 6.48. The second-order valence-electron chi connectivity index (χ2n) is 5.45. The third-order valence-electron chi connectivity index (χ3n) is 3.62. The summed E-state index contributed by atoms with van der Waals surface area (Å²) in [6.07, 6.45) is 2.58. The van der Waals surface area contributed by atoms with Crippen LogP contribution < -0.4 is 10.9 Å². The number of nitrogens with one attached hydrogen (secondary N) is 2. The van der Waals surface area contributed by atoms with Gasteiger partial charge in [0.25, 0.3) is 5.56 Å². The van der Waals surface area contributed by atoms with E-state index in [4.69, 9.17) is 0 Å². The maximum Gasteiger partial charge on any atom is 0.349 e. The number of esters is 1. The summed E-state index contributed by atoms with van der Waals surface area (Å²) in [4.78, 5) is 46.8. The molecule has 0 fully saturated rings. The normalized spacial score (nSPS) is 10.7. The van der Waals surface area contributed by atoms with Crippen LogP contribution in [-0.4, -0.2) is 33.9 Å². The average Bonchev–Trinajstić information content (AvgIpc) is 3.09. The molecule has 0 saturated carbocycles. The number of anilines is 1. The van der Waals surface area contributed by atoms with Gasteiger partial charge in [0.1, 0.15) is 10.7 Å². The van der Waals surface area contributed by atoms with E-state index in [0.717, 1.165) is 11.3 Å². The van der Waals surface area contributed by atoms with E-state index in [9.17, 15) is 14.4 Å². The molecule has 9 heteroatoms. The molecular formula is C17H16N4O4S. The van der Waals surface area contributed by atoms with E-state index in [1.165, 1.54) is 13.3 Å². The van der Waals surface area contributed by atoms with Crippen molar-refractivity contribution in [1.29, 1.82) is 0 Å².